The Kier molecular flexibility index (Phi) is 6.36. The van der Waals surface area contributed by atoms with Crippen molar-refractivity contribution in [1.82, 2.24) is 8.61 Å². The van der Waals surface area contributed by atoms with Gasteiger partial charge in [0.05, 0.1) is 17.4 Å². The fourth-order valence-corrected chi connectivity index (χ4v) is 5.25. The fourth-order valence-electron chi connectivity index (χ4n) is 2.39. The third-order valence-corrected chi connectivity index (χ3v) is 7.84. The smallest absolute Gasteiger partial charge is 0.307 e. The summed E-state index contributed by atoms with van der Waals surface area (Å²) in [5, 5.41) is 9.05. The molecule has 0 aromatic rings. The van der Waals surface area contributed by atoms with Gasteiger partial charge < -0.3 is 5.11 Å². The van der Waals surface area contributed by atoms with Crippen LogP contribution in [0.5, 0.6) is 0 Å². The molecule has 2 atom stereocenters. The standard InChI is InChI=1S/C12H24N2O6S2/c1-10-5-6-11(12(15)16)9-14(10)22(19,20)8-4-7-21(17,18)13(2)3/h10-11H,4-9H2,1-3H3,(H,15,16). The molecule has 130 valence electrons. The van der Waals surface area contributed by atoms with Crippen molar-refractivity contribution in [3.05, 3.63) is 0 Å². The van der Waals surface area contributed by atoms with E-state index >= 15 is 0 Å². The first-order chi connectivity index (χ1) is 9.97. The predicted octanol–water partition coefficient (Wildman–Crippen LogP) is -0.217. The number of piperidine rings is 1. The molecule has 1 rings (SSSR count). The molecule has 1 heterocycles. The maximum Gasteiger partial charge on any atom is 0.307 e. The lowest BCUT2D eigenvalue weighted by Crippen LogP contribution is -2.48. The molecule has 0 aromatic heterocycles. The third-order valence-electron chi connectivity index (χ3n) is 3.89. The maximum atomic E-state index is 12.3. The highest BCUT2D eigenvalue weighted by atomic mass is 32.2. The molecule has 1 aliphatic heterocycles. The van der Waals surface area contributed by atoms with Gasteiger partial charge in [-0.15, -0.1) is 0 Å². The summed E-state index contributed by atoms with van der Waals surface area (Å²) < 4.78 is 50.2. The first kappa shape index (κ1) is 19.3. The largest absolute Gasteiger partial charge is 0.481 e. The number of carboxylic acid groups (broad SMARTS) is 1. The van der Waals surface area contributed by atoms with Crippen LogP contribution in [-0.2, 0) is 24.8 Å². The van der Waals surface area contributed by atoms with Crippen LogP contribution >= 0.6 is 0 Å². The summed E-state index contributed by atoms with van der Waals surface area (Å²) in [6.07, 6.45) is 0.938. The Morgan fingerprint density at radius 2 is 1.77 bits per heavy atom. The Balaban J connectivity index is 2.70. The van der Waals surface area contributed by atoms with E-state index in [1.807, 2.05) is 0 Å². The Labute approximate surface area is 132 Å². The number of carbonyl (C=O) groups is 1. The van der Waals surface area contributed by atoms with E-state index in [4.69, 9.17) is 5.11 Å². The molecule has 22 heavy (non-hydrogen) atoms. The van der Waals surface area contributed by atoms with E-state index in [0.717, 1.165) is 4.31 Å². The van der Waals surface area contributed by atoms with E-state index in [1.165, 1.54) is 18.4 Å². The van der Waals surface area contributed by atoms with Crippen LogP contribution in [0, 0.1) is 5.92 Å². The Bertz CT molecular complexity index is 599. The molecule has 0 bridgehead atoms. The van der Waals surface area contributed by atoms with E-state index in [1.54, 1.807) is 6.92 Å². The highest BCUT2D eigenvalue weighted by Crippen LogP contribution is 2.25. The minimum absolute atomic E-state index is 0.0101. The van der Waals surface area contributed by atoms with Crippen molar-refractivity contribution in [2.45, 2.75) is 32.2 Å². The second-order valence-electron chi connectivity index (χ2n) is 5.80. The molecule has 1 N–H and O–H groups in total. The average Bonchev–Trinajstić information content (AvgIpc) is 2.37. The SMILES string of the molecule is CC1CCC(C(=O)O)CN1S(=O)(=O)CCCS(=O)(=O)N(C)C. The van der Waals surface area contributed by atoms with Gasteiger partial charge in [0.2, 0.25) is 20.0 Å². The first-order valence-corrected chi connectivity index (χ1v) is 10.3. The normalized spacial score (nSPS) is 24.5. The molecule has 8 nitrogen and oxygen atoms in total. The Morgan fingerprint density at radius 3 is 2.27 bits per heavy atom. The molecule has 0 aromatic carbocycles. The van der Waals surface area contributed by atoms with Crippen molar-refractivity contribution in [1.29, 1.82) is 0 Å². The molecular weight excluding hydrogens is 332 g/mol. The molecule has 0 aliphatic carbocycles. The molecule has 0 amide bonds. The van der Waals surface area contributed by atoms with Crippen molar-refractivity contribution >= 4 is 26.0 Å². The van der Waals surface area contributed by atoms with E-state index in [-0.39, 0.29) is 30.5 Å². The summed E-state index contributed by atoms with van der Waals surface area (Å²) in [6, 6.07) is -0.258. The summed E-state index contributed by atoms with van der Waals surface area (Å²) in [4.78, 5) is 11.0. The zero-order valence-corrected chi connectivity index (χ0v) is 14.7. The monoisotopic (exact) mass is 356 g/mol. The Morgan fingerprint density at radius 1 is 1.18 bits per heavy atom. The van der Waals surface area contributed by atoms with Crippen LogP contribution in [0.25, 0.3) is 0 Å². The van der Waals surface area contributed by atoms with Gasteiger partial charge in [-0.3, -0.25) is 4.79 Å². The lowest BCUT2D eigenvalue weighted by atomic mass is 9.96. The molecule has 10 heteroatoms. The van der Waals surface area contributed by atoms with Crippen LogP contribution in [-0.4, -0.2) is 74.7 Å². The molecule has 0 saturated carbocycles. The number of hydrogen-bond acceptors (Lipinski definition) is 5. The summed E-state index contributed by atoms with van der Waals surface area (Å²) in [5.41, 5.74) is 0. The van der Waals surface area contributed by atoms with Gasteiger partial charge in [0.15, 0.2) is 0 Å². The van der Waals surface area contributed by atoms with Crippen LogP contribution in [0.1, 0.15) is 26.2 Å². The quantitative estimate of drug-likeness (QED) is 0.675. The number of nitrogens with zero attached hydrogens (tertiary/aromatic N) is 2. The second-order valence-corrected chi connectivity index (χ2v) is 10.1. The Hall–Kier alpha value is -0.710. The predicted molar refractivity (Wildman–Crippen MR) is 82.4 cm³/mol. The van der Waals surface area contributed by atoms with Crippen molar-refractivity contribution < 1.29 is 26.7 Å². The number of rotatable bonds is 7. The van der Waals surface area contributed by atoms with E-state index in [0.29, 0.717) is 12.8 Å². The zero-order chi connectivity index (χ0) is 17.1. The number of aliphatic carboxylic acids is 1. The van der Waals surface area contributed by atoms with Gasteiger partial charge in [-0.05, 0) is 26.2 Å². The molecule has 0 spiro atoms. The molecule has 0 radical (unpaired) electrons. The molecular formula is C12H24N2O6S2. The van der Waals surface area contributed by atoms with Gasteiger partial charge >= 0.3 is 5.97 Å². The van der Waals surface area contributed by atoms with E-state index in [9.17, 15) is 21.6 Å². The van der Waals surface area contributed by atoms with Crippen LogP contribution in [0.3, 0.4) is 0 Å². The minimum Gasteiger partial charge on any atom is -0.481 e. The van der Waals surface area contributed by atoms with E-state index < -0.39 is 31.9 Å². The minimum atomic E-state index is -3.66. The van der Waals surface area contributed by atoms with Gasteiger partial charge in [-0.25, -0.2) is 21.1 Å². The van der Waals surface area contributed by atoms with Gasteiger partial charge in [-0.1, -0.05) is 0 Å². The molecule has 1 saturated heterocycles. The van der Waals surface area contributed by atoms with Crippen LogP contribution < -0.4 is 0 Å². The highest BCUT2D eigenvalue weighted by molar-refractivity contribution is 7.90. The topological polar surface area (TPSA) is 112 Å². The number of sulfonamides is 2. The summed E-state index contributed by atoms with van der Waals surface area (Å²) in [6.45, 7) is 1.70. The number of carboxylic acids is 1. The lowest BCUT2D eigenvalue weighted by molar-refractivity contribution is -0.143. The zero-order valence-electron chi connectivity index (χ0n) is 13.1. The van der Waals surface area contributed by atoms with Gasteiger partial charge in [0.25, 0.3) is 0 Å². The summed E-state index contributed by atoms with van der Waals surface area (Å²) in [5.74, 6) is -2.24. The third kappa shape index (κ3) is 4.90. The van der Waals surface area contributed by atoms with Gasteiger partial charge in [0.1, 0.15) is 0 Å². The van der Waals surface area contributed by atoms with E-state index in [2.05, 4.69) is 0 Å². The van der Waals surface area contributed by atoms with Crippen LogP contribution in [0.15, 0.2) is 0 Å². The van der Waals surface area contributed by atoms with Gasteiger partial charge in [-0.2, -0.15) is 4.31 Å². The molecule has 1 fully saturated rings. The highest BCUT2D eigenvalue weighted by Gasteiger charge is 2.36. The van der Waals surface area contributed by atoms with Crippen molar-refractivity contribution in [2.75, 3.05) is 32.1 Å². The molecule has 2 unspecified atom stereocenters. The lowest BCUT2D eigenvalue weighted by Gasteiger charge is -2.35. The first-order valence-electron chi connectivity index (χ1n) is 7.10. The van der Waals surface area contributed by atoms with Crippen molar-refractivity contribution in [3.63, 3.8) is 0 Å². The second kappa shape index (κ2) is 7.24. The fraction of sp³-hybridized carbons (Fsp3) is 0.917. The summed E-state index contributed by atoms with van der Waals surface area (Å²) in [7, 11) is -4.30. The van der Waals surface area contributed by atoms with Gasteiger partial charge in [0, 0.05) is 26.7 Å². The number of hydrogen-bond donors (Lipinski definition) is 1. The van der Waals surface area contributed by atoms with Crippen molar-refractivity contribution in [2.24, 2.45) is 5.92 Å². The van der Waals surface area contributed by atoms with Crippen LogP contribution in [0.4, 0.5) is 0 Å². The average molecular weight is 356 g/mol. The summed E-state index contributed by atoms with van der Waals surface area (Å²) >= 11 is 0. The van der Waals surface area contributed by atoms with Crippen LogP contribution in [0.2, 0.25) is 0 Å². The molecule has 1 aliphatic rings. The van der Waals surface area contributed by atoms with Crippen molar-refractivity contribution in [3.8, 4) is 0 Å². The maximum absolute atomic E-state index is 12.3.